The van der Waals surface area contributed by atoms with Gasteiger partial charge in [-0.15, -0.1) is 10.2 Å². The highest BCUT2D eigenvalue weighted by Gasteiger charge is 2.19. The SMILES string of the molecule is CN1CCN(c2ncnnc2-c2ccc(Cl)cc2)CC1. The number of hydrogen-bond acceptors (Lipinski definition) is 5. The summed E-state index contributed by atoms with van der Waals surface area (Å²) in [6, 6.07) is 7.62. The highest BCUT2D eigenvalue weighted by molar-refractivity contribution is 6.30. The lowest BCUT2D eigenvalue weighted by molar-refractivity contribution is 0.312. The van der Waals surface area contributed by atoms with Crippen molar-refractivity contribution in [3.8, 4) is 11.3 Å². The Morgan fingerprint density at radius 1 is 1.05 bits per heavy atom. The summed E-state index contributed by atoms with van der Waals surface area (Å²) >= 11 is 5.94. The van der Waals surface area contributed by atoms with Crippen molar-refractivity contribution in [2.24, 2.45) is 0 Å². The number of piperazine rings is 1. The van der Waals surface area contributed by atoms with Gasteiger partial charge in [0.05, 0.1) is 0 Å². The van der Waals surface area contributed by atoms with Crippen molar-refractivity contribution in [3.63, 3.8) is 0 Å². The largest absolute Gasteiger partial charge is 0.352 e. The minimum absolute atomic E-state index is 0.715. The van der Waals surface area contributed by atoms with E-state index in [0.29, 0.717) is 5.02 Å². The Balaban J connectivity index is 1.94. The Morgan fingerprint density at radius 3 is 2.45 bits per heavy atom. The fourth-order valence-electron chi connectivity index (χ4n) is 2.31. The van der Waals surface area contributed by atoms with E-state index < -0.39 is 0 Å². The van der Waals surface area contributed by atoms with Crippen LogP contribution < -0.4 is 4.90 Å². The average Bonchev–Trinajstić information content (AvgIpc) is 2.49. The predicted molar refractivity (Wildman–Crippen MR) is 80.0 cm³/mol. The lowest BCUT2D eigenvalue weighted by Gasteiger charge is -2.33. The standard InChI is InChI=1S/C14H16ClN5/c1-19-6-8-20(9-7-19)14-13(18-17-10-16-14)11-2-4-12(15)5-3-11/h2-5,10H,6-9H2,1H3. The Labute approximate surface area is 123 Å². The van der Waals surface area contributed by atoms with Gasteiger partial charge in [-0.3, -0.25) is 0 Å². The number of halogens is 1. The number of rotatable bonds is 2. The van der Waals surface area contributed by atoms with Gasteiger partial charge >= 0.3 is 0 Å². The Kier molecular flexibility index (Phi) is 3.80. The third-order valence-electron chi connectivity index (χ3n) is 3.52. The molecule has 104 valence electrons. The van der Waals surface area contributed by atoms with E-state index in [1.165, 1.54) is 6.33 Å². The molecule has 6 heteroatoms. The molecule has 20 heavy (non-hydrogen) atoms. The molecule has 0 saturated carbocycles. The third kappa shape index (κ3) is 2.73. The number of likely N-dealkylation sites (N-methyl/N-ethyl adjacent to an activating group) is 1. The van der Waals surface area contributed by atoms with Crippen LogP contribution >= 0.6 is 11.6 Å². The third-order valence-corrected chi connectivity index (χ3v) is 3.77. The molecule has 1 aliphatic rings. The average molecular weight is 290 g/mol. The quantitative estimate of drug-likeness (QED) is 0.845. The molecule has 0 aliphatic carbocycles. The summed E-state index contributed by atoms with van der Waals surface area (Å²) < 4.78 is 0. The molecule has 1 fully saturated rings. The van der Waals surface area contributed by atoms with Crippen LogP contribution in [0.4, 0.5) is 5.82 Å². The Morgan fingerprint density at radius 2 is 1.75 bits per heavy atom. The van der Waals surface area contributed by atoms with Crippen LogP contribution in [0.15, 0.2) is 30.6 Å². The van der Waals surface area contributed by atoms with Crippen molar-refractivity contribution in [1.82, 2.24) is 20.1 Å². The molecule has 1 aromatic heterocycles. The van der Waals surface area contributed by atoms with E-state index in [0.717, 1.165) is 43.3 Å². The maximum atomic E-state index is 5.94. The first-order valence-electron chi connectivity index (χ1n) is 6.61. The fraction of sp³-hybridized carbons (Fsp3) is 0.357. The minimum atomic E-state index is 0.715. The minimum Gasteiger partial charge on any atom is -0.352 e. The van der Waals surface area contributed by atoms with Gasteiger partial charge in [0.15, 0.2) is 5.82 Å². The van der Waals surface area contributed by atoms with Crippen LogP contribution in [-0.2, 0) is 0 Å². The summed E-state index contributed by atoms with van der Waals surface area (Å²) in [4.78, 5) is 9.00. The number of hydrogen-bond donors (Lipinski definition) is 0. The van der Waals surface area contributed by atoms with Crippen LogP contribution in [0.3, 0.4) is 0 Å². The van der Waals surface area contributed by atoms with E-state index in [1.54, 1.807) is 0 Å². The fourth-order valence-corrected chi connectivity index (χ4v) is 2.44. The molecule has 2 aromatic rings. The number of aromatic nitrogens is 3. The smallest absolute Gasteiger partial charge is 0.159 e. The van der Waals surface area contributed by atoms with Crippen molar-refractivity contribution in [1.29, 1.82) is 0 Å². The summed E-state index contributed by atoms with van der Waals surface area (Å²) in [5.74, 6) is 0.899. The highest BCUT2D eigenvalue weighted by atomic mass is 35.5. The van der Waals surface area contributed by atoms with Gasteiger partial charge in [-0.05, 0) is 19.2 Å². The summed E-state index contributed by atoms with van der Waals surface area (Å²) in [6.45, 7) is 3.97. The molecule has 0 atom stereocenters. The topological polar surface area (TPSA) is 45.2 Å². The van der Waals surface area contributed by atoms with Crippen molar-refractivity contribution in [3.05, 3.63) is 35.6 Å². The van der Waals surface area contributed by atoms with E-state index in [-0.39, 0.29) is 0 Å². The molecule has 1 aromatic carbocycles. The van der Waals surface area contributed by atoms with E-state index in [1.807, 2.05) is 24.3 Å². The molecule has 2 heterocycles. The van der Waals surface area contributed by atoms with E-state index in [4.69, 9.17) is 11.6 Å². The highest BCUT2D eigenvalue weighted by Crippen LogP contribution is 2.27. The first kappa shape index (κ1) is 13.3. The molecule has 0 radical (unpaired) electrons. The van der Waals surface area contributed by atoms with E-state index in [9.17, 15) is 0 Å². The summed E-state index contributed by atoms with van der Waals surface area (Å²) in [5, 5.41) is 8.90. The number of benzene rings is 1. The molecule has 0 bridgehead atoms. The second-order valence-electron chi connectivity index (χ2n) is 4.93. The molecular formula is C14H16ClN5. The molecule has 0 N–H and O–H groups in total. The van der Waals surface area contributed by atoms with Gasteiger partial charge in [0.1, 0.15) is 12.0 Å². The molecule has 0 unspecified atom stereocenters. The molecular weight excluding hydrogens is 274 g/mol. The second kappa shape index (κ2) is 5.73. The zero-order valence-electron chi connectivity index (χ0n) is 11.3. The normalized spacial score (nSPS) is 16.4. The zero-order valence-corrected chi connectivity index (χ0v) is 12.1. The van der Waals surface area contributed by atoms with Crippen LogP contribution in [0, 0.1) is 0 Å². The Bertz CT molecular complexity index is 578. The van der Waals surface area contributed by atoms with Gasteiger partial charge in [0.2, 0.25) is 0 Å². The zero-order chi connectivity index (χ0) is 13.9. The van der Waals surface area contributed by atoms with Crippen LogP contribution in [0.5, 0.6) is 0 Å². The van der Waals surface area contributed by atoms with Gasteiger partial charge in [0.25, 0.3) is 0 Å². The van der Waals surface area contributed by atoms with Crippen molar-refractivity contribution in [2.45, 2.75) is 0 Å². The molecule has 0 spiro atoms. The molecule has 0 amide bonds. The van der Waals surface area contributed by atoms with Gasteiger partial charge in [0, 0.05) is 36.8 Å². The van der Waals surface area contributed by atoms with Crippen LogP contribution in [0.25, 0.3) is 11.3 Å². The summed E-state index contributed by atoms with van der Waals surface area (Å²) in [6.07, 6.45) is 1.51. The van der Waals surface area contributed by atoms with Crippen LogP contribution in [0.1, 0.15) is 0 Å². The van der Waals surface area contributed by atoms with E-state index >= 15 is 0 Å². The predicted octanol–water partition coefficient (Wildman–Crippen LogP) is 1.94. The number of nitrogens with zero attached hydrogens (tertiary/aromatic N) is 5. The first-order chi connectivity index (χ1) is 9.74. The molecule has 1 aliphatic heterocycles. The van der Waals surface area contributed by atoms with Crippen LogP contribution in [-0.4, -0.2) is 53.3 Å². The summed E-state index contributed by atoms with van der Waals surface area (Å²) in [5.41, 5.74) is 1.80. The molecule has 1 saturated heterocycles. The van der Waals surface area contributed by atoms with Gasteiger partial charge < -0.3 is 9.80 Å². The van der Waals surface area contributed by atoms with Gasteiger partial charge in [-0.25, -0.2) is 4.98 Å². The molecule has 3 rings (SSSR count). The van der Waals surface area contributed by atoms with Crippen molar-refractivity contribution < 1.29 is 0 Å². The summed E-state index contributed by atoms with van der Waals surface area (Å²) in [7, 11) is 2.13. The Hall–Kier alpha value is -1.72. The number of anilines is 1. The van der Waals surface area contributed by atoms with Crippen LogP contribution in [0.2, 0.25) is 5.02 Å². The van der Waals surface area contributed by atoms with Gasteiger partial charge in [-0.2, -0.15) is 0 Å². The van der Waals surface area contributed by atoms with E-state index in [2.05, 4.69) is 32.0 Å². The van der Waals surface area contributed by atoms with Crippen molar-refractivity contribution in [2.75, 3.05) is 38.1 Å². The lowest BCUT2D eigenvalue weighted by atomic mass is 10.1. The van der Waals surface area contributed by atoms with Gasteiger partial charge in [-0.1, -0.05) is 23.7 Å². The first-order valence-corrected chi connectivity index (χ1v) is 6.99. The maximum Gasteiger partial charge on any atom is 0.159 e. The maximum absolute atomic E-state index is 5.94. The monoisotopic (exact) mass is 289 g/mol. The molecule has 5 nitrogen and oxygen atoms in total. The lowest BCUT2D eigenvalue weighted by Crippen LogP contribution is -2.45. The second-order valence-corrected chi connectivity index (χ2v) is 5.37. The van der Waals surface area contributed by atoms with Crippen molar-refractivity contribution >= 4 is 17.4 Å².